The summed E-state index contributed by atoms with van der Waals surface area (Å²) < 4.78 is 0. The topological polar surface area (TPSA) is 57.3 Å². The second kappa shape index (κ2) is 8.29. The quantitative estimate of drug-likeness (QED) is 0.825. The summed E-state index contributed by atoms with van der Waals surface area (Å²) in [7, 11) is 4.06. The number of pyridine rings is 1. The van der Waals surface area contributed by atoms with Crippen molar-refractivity contribution in [1.82, 2.24) is 9.88 Å². The highest BCUT2D eigenvalue weighted by molar-refractivity contribution is 6.02. The average molecular weight is 312 g/mol. The highest BCUT2D eigenvalue weighted by Gasteiger charge is 2.07. The molecule has 0 radical (unpaired) electrons. The first-order valence-corrected chi connectivity index (χ1v) is 7.83. The fourth-order valence-corrected chi connectivity index (χ4v) is 2.08. The summed E-state index contributed by atoms with van der Waals surface area (Å²) in [6, 6.07) is 11.5. The van der Waals surface area contributed by atoms with Crippen molar-refractivity contribution >= 4 is 17.3 Å². The molecule has 5 heteroatoms. The molecule has 1 heterocycles. The predicted molar refractivity (Wildman–Crippen MR) is 95.1 cm³/mol. The summed E-state index contributed by atoms with van der Waals surface area (Å²) in [5.41, 5.74) is 3.34. The van der Waals surface area contributed by atoms with Crippen molar-refractivity contribution in [3.8, 4) is 0 Å². The lowest BCUT2D eigenvalue weighted by atomic mass is 10.1. The average Bonchev–Trinajstić information content (AvgIpc) is 2.56. The van der Waals surface area contributed by atoms with Crippen LogP contribution in [-0.2, 0) is 6.42 Å². The number of carbonyl (C=O) groups excluding carboxylic acids is 1. The minimum Gasteiger partial charge on any atom is -0.383 e. The van der Waals surface area contributed by atoms with Crippen molar-refractivity contribution in [3.63, 3.8) is 0 Å². The molecule has 0 aliphatic heterocycles. The largest absolute Gasteiger partial charge is 0.383 e. The molecular formula is C18H24N4O. The van der Waals surface area contributed by atoms with Crippen molar-refractivity contribution < 1.29 is 4.79 Å². The zero-order chi connectivity index (χ0) is 16.7. The Morgan fingerprint density at radius 2 is 1.78 bits per heavy atom. The van der Waals surface area contributed by atoms with Crippen LogP contribution in [0, 0.1) is 0 Å². The summed E-state index contributed by atoms with van der Waals surface area (Å²) in [6.45, 7) is 3.88. The van der Waals surface area contributed by atoms with E-state index in [4.69, 9.17) is 0 Å². The maximum atomic E-state index is 12.2. The van der Waals surface area contributed by atoms with Crippen LogP contribution in [0.15, 0.2) is 42.6 Å². The molecule has 0 aliphatic carbocycles. The summed E-state index contributed by atoms with van der Waals surface area (Å²) in [4.78, 5) is 18.5. The van der Waals surface area contributed by atoms with Crippen LogP contribution >= 0.6 is 0 Å². The summed E-state index contributed by atoms with van der Waals surface area (Å²) >= 11 is 0. The number of aromatic nitrogens is 1. The number of carbonyl (C=O) groups is 1. The number of hydrogen-bond donors (Lipinski definition) is 2. The number of aryl methyl sites for hydroxylation is 1. The molecule has 1 aromatic heterocycles. The van der Waals surface area contributed by atoms with Gasteiger partial charge in [-0.3, -0.25) is 4.79 Å². The molecule has 5 nitrogen and oxygen atoms in total. The predicted octanol–water partition coefficient (Wildman–Crippen LogP) is 2.87. The second-order valence-corrected chi connectivity index (χ2v) is 5.67. The Labute approximate surface area is 137 Å². The van der Waals surface area contributed by atoms with Gasteiger partial charge in [-0.05, 0) is 50.3 Å². The lowest BCUT2D eigenvalue weighted by Crippen LogP contribution is -2.21. The summed E-state index contributed by atoms with van der Waals surface area (Å²) in [5.74, 6) is -0.200. The first kappa shape index (κ1) is 17.0. The van der Waals surface area contributed by atoms with Crippen molar-refractivity contribution in [1.29, 1.82) is 0 Å². The second-order valence-electron chi connectivity index (χ2n) is 5.67. The number of anilines is 2. The van der Waals surface area contributed by atoms with Crippen LogP contribution in [0.3, 0.4) is 0 Å². The molecule has 2 rings (SSSR count). The normalized spacial score (nSPS) is 10.6. The number of likely N-dealkylation sites (N-methyl/N-ethyl adjacent to an activating group) is 1. The van der Waals surface area contributed by atoms with E-state index >= 15 is 0 Å². The van der Waals surface area contributed by atoms with E-state index in [0.29, 0.717) is 5.69 Å². The van der Waals surface area contributed by atoms with Gasteiger partial charge in [0.05, 0.1) is 11.9 Å². The third-order valence-electron chi connectivity index (χ3n) is 3.50. The Balaban J connectivity index is 1.91. The summed E-state index contributed by atoms with van der Waals surface area (Å²) in [6.07, 6.45) is 2.67. The first-order chi connectivity index (χ1) is 11.1. The molecule has 0 fully saturated rings. The zero-order valence-corrected chi connectivity index (χ0v) is 14.0. The Bertz CT molecular complexity index is 620. The molecule has 0 aliphatic rings. The zero-order valence-electron chi connectivity index (χ0n) is 14.0. The van der Waals surface area contributed by atoms with Gasteiger partial charge in [0.2, 0.25) is 0 Å². The number of rotatable bonds is 7. The maximum absolute atomic E-state index is 12.2. The van der Waals surface area contributed by atoms with Crippen LogP contribution in [0.1, 0.15) is 23.0 Å². The van der Waals surface area contributed by atoms with Crippen LogP contribution in [0.5, 0.6) is 0 Å². The lowest BCUT2D eigenvalue weighted by Gasteiger charge is -2.11. The molecule has 0 saturated heterocycles. The van der Waals surface area contributed by atoms with Crippen LogP contribution in [0.25, 0.3) is 0 Å². The minimum absolute atomic E-state index is 0.200. The van der Waals surface area contributed by atoms with Crippen molar-refractivity contribution in [2.75, 3.05) is 37.8 Å². The molecule has 1 amide bonds. The smallest absolute Gasteiger partial charge is 0.274 e. The molecule has 0 unspecified atom stereocenters. The Morgan fingerprint density at radius 1 is 1.09 bits per heavy atom. The first-order valence-electron chi connectivity index (χ1n) is 7.83. The van der Waals surface area contributed by atoms with Crippen LogP contribution < -0.4 is 10.6 Å². The standard InChI is InChI=1S/C18H24N4O/c1-4-14-5-7-15(8-6-14)21-18(23)17-10-9-16(13-20-17)19-11-12-22(2)3/h5-10,13,19H,4,11-12H2,1-3H3,(H,21,23). The number of benzene rings is 1. The third-order valence-corrected chi connectivity index (χ3v) is 3.50. The van der Waals surface area contributed by atoms with Gasteiger partial charge in [-0.1, -0.05) is 19.1 Å². The van der Waals surface area contributed by atoms with Gasteiger partial charge in [0.1, 0.15) is 5.69 Å². The van der Waals surface area contributed by atoms with Gasteiger partial charge in [-0.15, -0.1) is 0 Å². The Morgan fingerprint density at radius 3 is 2.35 bits per heavy atom. The molecule has 0 bridgehead atoms. The van der Waals surface area contributed by atoms with E-state index in [1.54, 1.807) is 12.3 Å². The Hall–Kier alpha value is -2.40. The van der Waals surface area contributed by atoms with Crippen LogP contribution in [-0.4, -0.2) is 43.0 Å². The van der Waals surface area contributed by atoms with Crippen molar-refractivity contribution in [3.05, 3.63) is 53.9 Å². The molecule has 0 atom stereocenters. The van der Waals surface area contributed by atoms with Crippen molar-refractivity contribution in [2.24, 2.45) is 0 Å². The highest BCUT2D eigenvalue weighted by Crippen LogP contribution is 2.12. The van der Waals surface area contributed by atoms with Gasteiger partial charge in [0.25, 0.3) is 5.91 Å². The van der Waals surface area contributed by atoms with Gasteiger partial charge in [0, 0.05) is 18.8 Å². The number of hydrogen-bond acceptors (Lipinski definition) is 4. The molecule has 0 spiro atoms. The lowest BCUT2D eigenvalue weighted by molar-refractivity contribution is 0.102. The van der Waals surface area contributed by atoms with Gasteiger partial charge >= 0.3 is 0 Å². The molecule has 2 aromatic rings. The van der Waals surface area contributed by atoms with E-state index in [2.05, 4.69) is 27.4 Å². The van der Waals surface area contributed by atoms with Gasteiger partial charge < -0.3 is 15.5 Å². The van der Waals surface area contributed by atoms with E-state index in [1.165, 1.54) is 5.56 Å². The van der Waals surface area contributed by atoms with Gasteiger partial charge in [0.15, 0.2) is 0 Å². The number of nitrogens with one attached hydrogen (secondary N) is 2. The molecule has 1 aromatic carbocycles. The highest BCUT2D eigenvalue weighted by atomic mass is 16.1. The van der Waals surface area contributed by atoms with E-state index in [9.17, 15) is 4.79 Å². The van der Waals surface area contributed by atoms with Gasteiger partial charge in [-0.25, -0.2) is 4.98 Å². The van der Waals surface area contributed by atoms with E-state index in [-0.39, 0.29) is 5.91 Å². The fourth-order valence-electron chi connectivity index (χ4n) is 2.08. The maximum Gasteiger partial charge on any atom is 0.274 e. The SMILES string of the molecule is CCc1ccc(NC(=O)c2ccc(NCCN(C)C)cn2)cc1. The minimum atomic E-state index is -0.200. The van der Waals surface area contributed by atoms with E-state index in [0.717, 1.165) is 30.9 Å². The fraction of sp³-hybridized carbons (Fsp3) is 0.333. The van der Waals surface area contributed by atoms with Crippen LogP contribution in [0.2, 0.25) is 0 Å². The van der Waals surface area contributed by atoms with E-state index in [1.807, 2.05) is 44.4 Å². The Kier molecular flexibility index (Phi) is 6.11. The van der Waals surface area contributed by atoms with Crippen LogP contribution in [0.4, 0.5) is 11.4 Å². The molecule has 122 valence electrons. The number of nitrogens with zero attached hydrogens (tertiary/aromatic N) is 2. The van der Waals surface area contributed by atoms with E-state index < -0.39 is 0 Å². The summed E-state index contributed by atoms with van der Waals surface area (Å²) in [5, 5.41) is 6.13. The van der Waals surface area contributed by atoms with Gasteiger partial charge in [-0.2, -0.15) is 0 Å². The molecule has 23 heavy (non-hydrogen) atoms. The third kappa shape index (κ3) is 5.38. The molecular weight excluding hydrogens is 288 g/mol. The number of amides is 1. The monoisotopic (exact) mass is 312 g/mol. The molecule has 2 N–H and O–H groups in total. The van der Waals surface area contributed by atoms with Crippen molar-refractivity contribution in [2.45, 2.75) is 13.3 Å². The molecule has 0 saturated carbocycles.